The van der Waals surface area contributed by atoms with Crippen LogP contribution in [0.3, 0.4) is 0 Å². The van der Waals surface area contributed by atoms with Gasteiger partial charge in [-0.05, 0) is 22.3 Å². The van der Waals surface area contributed by atoms with E-state index >= 15 is 0 Å². The summed E-state index contributed by atoms with van der Waals surface area (Å²) in [6.45, 7) is 0. The molecular formula is C21H19NO4. The lowest BCUT2D eigenvalue weighted by Gasteiger charge is -2.35. The maximum atomic E-state index is 12.7. The fourth-order valence-electron chi connectivity index (χ4n) is 3.61. The number of aliphatic carboxylic acids is 1. The van der Waals surface area contributed by atoms with Gasteiger partial charge in [0.1, 0.15) is 0 Å². The Morgan fingerprint density at radius 3 is 2.15 bits per heavy atom. The van der Waals surface area contributed by atoms with Crippen LogP contribution in [0.1, 0.15) is 30.0 Å². The minimum absolute atomic E-state index is 0.127. The summed E-state index contributed by atoms with van der Waals surface area (Å²) in [4.78, 5) is 25.5. The van der Waals surface area contributed by atoms with Crippen molar-refractivity contribution in [2.45, 2.75) is 24.9 Å². The maximum Gasteiger partial charge on any atom is 0.410 e. The molecule has 2 aromatic rings. The molecule has 0 saturated carbocycles. The molecular weight excluding hydrogens is 330 g/mol. The second kappa shape index (κ2) is 7.32. The van der Waals surface area contributed by atoms with Crippen LogP contribution >= 0.6 is 0 Å². The lowest BCUT2D eigenvalue weighted by atomic mass is 9.99. The van der Waals surface area contributed by atoms with Crippen LogP contribution in [-0.4, -0.2) is 35.2 Å². The number of fused-ring (bicyclic) bond motifs is 3. The molecule has 0 heterocycles. The number of hydrogen-bond donors (Lipinski definition) is 1. The Morgan fingerprint density at radius 2 is 1.69 bits per heavy atom. The standard InChI is InChI=1S/C21H19NO4/c1-3-8-14(13-19(23)24)22(21(25)26-2)20-17-11-6-4-9-15(17)16-10-5-7-12-18(16)20/h1,4-7,9-12,14,20H,8,13H2,2H3,(H,23,24)/t14-/m1/s1. The van der Waals surface area contributed by atoms with Gasteiger partial charge in [-0.2, -0.15) is 0 Å². The minimum Gasteiger partial charge on any atom is -0.481 e. The van der Waals surface area contributed by atoms with Crippen molar-refractivity contribution in [2.24, 2.45) is 0 Å². The third kappa shape index (κ3) is 3.02. The Balaban J connectivity index is 2.16. The Hall–Kier alpha value is -3.26. The monoisotopic (exact) mass is 349 g/mol. The summed E-state index contributed by atoms with van der Waals surface area (Å²) in [5.74, 6) is 1.48. The van der Waals surface area contributed by atoms with Gasteiger partial charge in [-0.15, -0.1) is 12.3 Å². The van der Waals surface area contributed by atoms with Crippen LogP contribution < -0.4 is 0 Å². The van der Waals surface area contributed by atoms with Crippen LogP contribution in [0.4, 0.5) is 4.79 Å². The molecule has 1 aliphatic rings. The summed E-state index contributed by atoms with van der Waals surface area (Å²) in [6, 6.07) is 14.5. The smallest absolute Gasteiger partial charge is 0.410 e. The number of carboxylic acid groups (broad SMARTS) is 1. The highest BCUT2D eigenvalue weighted by atomic mass is 16.5. The van der Waals surface area contributed by atoms with E-state index < -0.39 is 24.1 Å². The summed E-state index contributed by atoms with van der Waals surface area (Å²) < 4.78 is 4.99. The lowest BCUT2D eigenvalue weighted by molar-refractivity contribution is -0.138. The van der Waals surface area contributed by atoms with Crippen LogP contribution in [0, 0.1) is 12.3 Å². The van der Waals surface area contributed by atoms with Gasteiger partial charge in [0.2, 0.25) is 0 Å². The van der Waals surface area contributed by atoms with Crippen LogP contribution in [0.2, 0.25) is 0 Å². The zero-order valence-electron chi connectivity index (χ0n) is 14.4. The van der Waals surface area contributed by atoms with E-state index in [9.17, 15) is 14.7 Å². The molecule has 0 fully saturated rings. The van der Waals surface area contributed by atoms with E-state index in [1.54, 1.807) is 0 Å². The molecule has 5 nitrogen and oxygen atoms in total. The molecule has 26 heavy (non-hydrogen) atoms. The van der Waals surface area contributed by atoms with Gasteiger partial charge < -0.3 is 9.84 Å². The molecule has 0 unspecified atom stereocenters. The van der Waals surface area contributed by atoms with Crippen molar-refractivity contribution in [3.05, 3.63) is 59.7 Å². The highest BCUT2D eigenvalue weighted by Gasteiger charge is 2.39. The Kier molecular flexibility index (Phi) is 4.94. The number of terminal acetylenes is 1. The first kappa shape index (κ1) is 17.6. The van der Waals surface area contributed by atoms with E-state index in [-0.39, 0.29) is 12.8 Å². The summed E-state index contributed by atoms with van der Waals surface area (Å²) in [7, 11) is 1.29. The highest BCUT2D eigenvalue weighted by Crippen LogP contribution is 2.47. The first-order valence-corrected chi connectivity index (χ1v) is 8.28. The lowest BCUT2D eigenvalue weighted by Crippen LogP contribution is -2.43. The molecule has 132 valence electrons. The van der Waals surface area contributed by atoms with Gasteiger partial charge >= 0.3 is 12.1 Å². The first-order valence-electron chi connectivity index (χ1n) is 8.28. The van der Waals surface area contributed by atoms with E-state index in [2.05, 4.69) is 5.92 Å². The van der Waals surface area contributed by atoms with Crippen LogP contribution in [0.5, 0.6) is 0 Å². The van der Waals surface area contributed by atoms with E-state index in [4.69, 9.17) is 11.2 Å². The minimum atomic E-state index is -1.02. The molecule has 1 atom stereocenters. The van der Waals surface area contributed by atoms with E-state index in [1.165, 1.54) is 12.0 Å². The van der Waals surface area contributed by atoms with E-state index in [0.29, 0.717) is 0 Å². The van der Waals surface area contributed by atoms with Crippen LogP contribution in [0.15, 0.2) is 48.5 Å². The second-order valence-electron chi connectivity index (χ2n) is 6.11. The van der Waals surface area contributed by atoms with Crippen molar-refractivity contribution in [1.82, 2.24) is 4.90 Å². The number of carboxylic acids is 1. The van der Waals surface area contributed by atoms with Gasteiger partial charge in [-0.1, -0.05) is 48.5 Å². The van der Waals surface area contributed by atoms with Crippen LogP contribution in [0.25, 0.3) is 11.1 Å². The SMILES string of the molecule is C#CC[C@H](CC(=O)O)N(C(=O)OC)C1c2ccccc2-c2ccccc21. The van der Waals surface area contributed by atoms with Gasteiger partial charge in [0.25, 0.3) is 0 Å². The fourth-order valence-corrected chi connectivity index (χ4v) is 3.61. The first-order chi connectivity index (χ1) is 12.6. The fraction of sp³-hybridized carbons (Fsp3) is 0.238. The third-order valence-corrected chi connectivity index (χ3v) is 4.62. The van der Waals surface area contributed by atoms with Gasteiger partial charge in [0, 0.05) is 6.42 Å². The number of methoxy groups -OCH3 is 1. The maximum absolute atomic E-state index is 12.7. The average Bonchev–Trinajstić information content (AvgIpc) is 2.96. The molecule has 3 rings (SSSR count). The third-order valence-electron chi connectivity index (χ3n) is 4.62. The largest absolute Gasteiger partial charge is 0.481 e. The normalized spacial score (nSPS) is 13.2. The van der Waals surface area contributed by atoms with Crippen molar-refractivity contribution in [3.8, 4) is 23.5 Å². The molecule has 0 bridgehead atoms. The number of hydrogen-bond acceptors (Lipinski definition) is 3. The summed E-state index contributed by atoms with van der Waals surface area (Å²) in [5.41, 5.74) is 3.92. The zero-order valence-corrected chi connectivity index (χ0v) is 14.4. The quantitative estimate of drug-likeness (QED) is 0.836. The summed E-state index contributed by atoms with van der Waals surface area (Å²) in [6.07, 6.45) is 4.73. The number of carbonyl (C=O) groups excluding carboxylic acids is 1. The topological polar surface area (TPSA) is 66.8 Å². The Morgan fingerprint density at radius 1 is 1.15 bits per heavy atom. The Bertz CT molecular complexity index is 838. The van der Waals surface area contributed by atoms with Gasteiger partial charge in [0.15, 0.2) is 0 Å². The number of carbonyl (C=O) groups is 2. The van der Waals surface area contributed by atoms with Crippen LogP contribution in [-0.2, 0) is 9.53 Å². The van der Waals surface area contributed by atoms with Crippen molar-refractivity contribution in [3.63, 3.8) is 0 Å². The zero-order chi connectivity index (χ0) is 18.7. The molecule has 0 spiro atoms. The second-order valence-corrected chi connectivity index (χ2v) is 6.11. The molecule has 2 aromatic carbocycles. The molecule has 1 N–H and O–H groups in total. The van der Waals surface area contributed by atoms with Gasteiger partial charge in [-0.25, -0.2) is 4.79 Å². The summed E-state index contributed by atoms with van der Waals surface area (Å²) >= 11 is 0. The average molecular weight is 349 g/mol. The van der Waals surface area contributed by atoms with E-state index in [1.807, 2.05) is 48.5 Å². The highest BCUT2D eigenvalue weighted by molar-refractivity contribution is 5.81. The Labute approximate surface area is 152 Å². The van der Waals surface area contributed by atoms with E-state index in [0.717, 1.165) is 22.3 Å². The number of amides is 1. The van der Waals surface area contributed by atoms with Crippen molar-refractivity contribution >= 4 is 12.1 Å². The summed E-state index contributed by atoms with van der Waals surface area (Å²) in [5, 5.41) is 9.30. The molecule has 0 radical (unpaired) electrons. The molecule has 0 saturated heterocycles. The van der Waals surface area contributed by atoms with Crippen molar-refractivity contribution < 1.29 is 19.4 Å². The number of benzene rings is 2. The predicted molar refractivity (Wildman–Crippen MR) is 97.5 cm³/mol. The number of rotatable bonds is 5. The molecule has 5 heteroatoms. The van der Waals surface area contributed by atoms with Gasteiger partial charge in [0.05, 0.1) is 25.6 Å². The number of nitrogens with zero attached hydrogens (tertiary/aromatic N) is 1. The predicted octanol–water partition coefficient (Wildman–Crippen LogP) is 3.69. The molecule has 1 aliphatic carbocycles. The molecule has 0 aliphatic heterocycles. The van der Waals surface area contributed by atoms with Crippen molar-refractivity contribution in [2.75, 3.05) is 7.11 Å². The molecule has 0 aromatic heterocycles. The van der Waals surface area contributed by atoms with Crippen molar-refractivity contribution in [1.29, 1.82) is 0 Å². The molecule has 1 amide bonds. The number of ether oxygens (including phenoxy) is 1. The van der Waals surface area contributed by atoms with Gasteiger partial charge in [-0.3, -0.25) is 9.69 Å².